The first-order valence-electron chi connectivity index (χ1n) is 6.65. The standard InChI is InChI=1S/C14H23N3/c1-4-11(2)13-5-6-14(16-9-13)17-8-7-15-12(3)10-17/h5-6,9,11-12,15H,4,7-8,10H2,1-3H3/t11-,12+/m0/s1. The van der Waals surface area contributed by atoms with Crippen LogP contribution in [0.3, 0.4) is 0 Å². The van der Waals surface area contributed by atoms with E-state index in [4.69, 9.17) is 0 Å². The normalized spacial score (nSPS) is 22.5. The zero-order valence-corrected chi connectivity index (χ0v) is 11.1. The van der Waals surface area contributed by atoms with Gasteiger partial charge in [-0.25, -0.2) is 4.98 Å². The molecule has 1 saturated heterocycles. The average molecular weight is 233 g/mol. The van der Waals surface area contributed by atoms with Crippen LogP contribution in [0.15, 0.2) is 18.3 Å². The number of piperazine rings is 1. The van der Waals surface area contributed by atoms with E-state index >= 15 is 0 Å². The van der Waals surface area contributed by atoms with Gasteiger partial charge in [0, 0.05) is 31.9 Å². The molecule has 3 nitrogen and oxygen atoms in total. The van der Waals surface area contributed by atoms with Crippen molar-refractivity contribution in [1.29, 1.82) is 0 Å². The van der Waals surface area contributed by atoms with E-state index < -0.39 is 0 Å². The van der Waals surface area contributed by atoms with Crippen LogP contribution in [0.25, 0.3) is 0 Å². The molecular formula is C14H23N3. The van der Waals surface area contributed by atoms with Gasteiger partial charge in [-0.05, 0) is 30.9 Å². The second-order valence-electron chi connectivity index (χ2n) is 5.06. The largest absolute Gasteiger partial charge is 0.354 e. The first-order valence-corrected chi connectivity index (χ1v) is 6.65. The fourth-order valence-corrected chi connectivity index (χ4v) is 2.25. The highest BCUT2D eigenvalue weighted by Gasteiger charge is 2.16. The van der Waals surface area contributed by atoms with Crippen LogP contribution in [0.4, 0.5) is 5.82 Å². The Morgan fingerprint density at radius 1 is 1.53 bits per heavy atom. The second kappa shape index (κ2) is 5.50. The Morgan fingerprint density at radius 3 is 2.94 bits per heavy atom. The zero-order valence-electron chi connectivity index (χ0n) is 11.1. The van der Waals surface area contributed by atoms with Gasteiger partial charge in [-0.3, -0.25) is 0 Å². The molecule has 1 aromatic rings. The summed E-state index contributed by atoms with van der Waals surface area (Å²) < 4.78 is 0. The van der Waals surface area contributed by atoms with Crippen molar-refractivity contribution < 1.29 is 0 Å². The number of pyridine rings is 1. The number of nitrogens with one attached hydrogen (secondary N) is 1. The highest BCUT2D eigenvalue weighted by molar-refractivity contribution is 5.40. The van der Waals surface area contributed by atoms with Gasteiger partial charge in [-0.2, -0.15) is 0 Å². The molecule has 0 unspecified atom stereocenters. The number of hydrogen-bond acceptors (Lipinski definition) is 3. The SMILES string of the molecule is CC[C@H](C)c1ccc(N2CCN[C@H](C)C2)nc1. The summed E-state index contributed by atoms with van der Waals surface area (Å²) in [5.41, 5.74) is 1.35. The van der Waals surface area contributed by atoms with Crippen molar-refractivity contribution in [3.05, 3.63) is 23.9 Å². The Kier molecular flexibility index (Phi) is 4.00. The molecule has 1 fully saturated rings. The number of aromatic nitrogens is 1. The number of hydrogen-bond donors (Lipinski definition) is 1. The fourth-order valence-electron chi connectivity index (χ4n) is 2.25. The number of nitrogens with zero attached hydrogens (tertiary/aromatic N) is 2. The van der Waals surface area contributed by atoms with Crippen molar-refractivity contribution in [3.63, 3.8) is 0 Å². The maximum atomic E-state index is 4.60. The van der Waals surface area contributed by atoms with Gasteiger partial charge in [0.1, 0.15) is 5.82 Å². The fraction of sp³-hybridized carbons (Fsp3) is 0.643. The van der Waals surface area contributed by atoms with Gasteiger partial charge in [-0.15, -0.1) is 0 Å². The molecular weight excluding hydrogens is 210 g/mol. The van der Waals surface area contributed by atoms with Gasteiger partial charge in [0.25, 0.3) is 0 Å². The molecule has 2 rings (SSSR count). The van der Waals surface area contributed by atoms with E-state index in [2.05, 4.69) is 48.1 Å². The van der Waals surface area contributed by atoms with Crippen molar-refractivity contribution >= 4 is 5.82 Å². The minimum atomic E-state index is 0.555. The van der Waals surface area contributed by atoms with Crippen LogP contribution in [0.2, 0.25) is 0 Å². The molecule has 0 spiro atoms. The first kappa shape index (κ1) is 12.4. The molecule has 1 aliphatic heterocycles. The lowest BCUT2D eigenvalue weighted by Crippen LogP contribution is -2.49. The maximum Gasteiger partial charge on any atom is 0.128 e. The van der Waals surface area contributed by atoms with Crippen LogP contribution in [0.1, 0.15) is 38.7 Å². The van der Waals surface area contributed by atoms with Crippen LogP contribution >= 0.6 is 0 Å². The van der Waals surface area contributed by atoms with Gasteiger partial charge in [0.05, 0.1) is 0 Å². The maximum absolute atomic E-state index is 4.60. The van der Waals surface area contributed by atoms with E-state index in [-0.39, 0.29) is 0 Å². The molecule has 17 heavy (non-hydrogen) atoms. The van der Waals surface area contributed by atoms with E-state index in [0.717, 1.165) is 25.5 Å². The van der Waals surface area contributed by atoms with Crippen molar-refractivity contribution in [2.75, 3.05) is 24.5 Å². The summed E-state index contributed by atoms with van der Waals surface area (Å²) in [6.07, 6.45) is 3.21. The van der Waals surface area contributed by atoms with Crippen molar-refractivity contribution in [2.24, 2.45) is 0 Å². The molecule has 3 heteroatoms. The lowest BCUT2D eigenvalue weighted by atomic mass is 10.0. The van der Waals surface area contributed by atoms with Gasteiger partial charge in [0.15, 0.2) is 0 Å². The number of anilines is 1. The minimum absolute atomic E-state index is 0.555. The summed E-state index contributed by atoms with van der Waals surface area (Å²) in [4.78, 5) is 6.97. The van der Waals surface area contributed by atoms with Gasteiger partial charge >= 0.3 is 0 Å². The molecule has 0 saturated carbocycles. The molecule has 94 valence electrons. The van der Waals surface area contributed by atoms with Crippen molar-refractivity contribution in [3.8, 4) is 0 Å². The van der Waals surface area contributed by atoms with Crippen LogP contribution in [-0.4, -0.2) is 30.7 Å². The van der Waals surface area contributed by atoms with Crippen LogP contribution < -0.4 is 10.2 Å². The van der Waals surface area contributed by atoms with Crippen LogP contribution in [-0.2, 0) is 0 Å². The van der Waals surface area contributed by atoms with E-state index in [9.17, 15) is 0 Å². The third-order valence-electron chi connectivity index (χ3n) is 3.64. The molecule has 0 bridgehead atoms. The van der Waals surface area contributed by atoms with E-state index in [1.54, 1.807) is 0 Å². The van der Waals surface area contributed by atoms with Crippen LogP contribution in [0, 0.1) is 0 Å². The topological polar surface area (TPSA) is 28.2 Å². The number of rotatable bonds is 3. The first-order chi connectivity index (χ1) is 8.20. The molecule has 0 radical (unpaired) electrons. The molecule has 0 amide bonds. The van der Waals surface area contributed by atoms with E-state index in [0.29, 0.717) is 12.0 Å². The minimum Gasteiger partial charge on any atom is -0.354 e. The highest BCUT2D eigenvalue weighted by Crippen LogP contribution is 2.20. The van der Waals surface area contributed by atoms with Crippen molar-refractivity contribution in [1.82, 2.24) is 10.3 Å². The monoisotopic (exact) mass is 233 g/mol. The predicted octanol–water partition coefficient (Wildman–Crippen LogP) is 2.39. The summed E-state index contributed by atoms with van der Waals surface area (Å²) in [7, 11) is 0. The van der Waals surface area contributed by atoms with Gasteiger partial charge < -0.3 is 10.2 Å². The molecule has 1 aromatic heterocycles. The Bertz CT molecular complexity index is 347. The summed E-state index contributed by atoms with van der Waals surface area (Å²) in [5.74, 6) is 1.73. The second-order valence-corrected chi connectivity index (χ2v) is 5.06. The summed E-state index contributed by atoms with van der Waals surface area (Å²) >= 11 is 0. The molecule has 1 aliphatic rings. The van der Waals surface area contributed by atoms with Gasteiger partial charge in [0.2, 0.25) is 0 Å². The van der Waals surface area contributed by atoms with E-state index in [1.807, 2.05) is 6.20 Å². The Labute approximate surface area is 104 Å². The Balaban J connectivity index is 2.06. The van der Waals surface area contributed by atoms with Crippen LogP contribution in [0.5, 0.6) is 0 Å². The molecule has 2 atom stereocenters. The summed E-state index contributed by atoms with van der Waals surface area (Å²) in [5, 5.41) is 3.45. The molecule has 2 heterocycles. The van der Waals surface area contributed by atoms with E-state index in [1.165, 1.54) is 12.0 Å². The van der Waals surface area contributed by atoms with Crippen molar-refractivity contribution in [2.45, 2.75) is 39.2 Å². The summed E-state index contributed by atoms with van der Waals surface area (Å²) in [6, 6.07) is 4.95. The molecule has 1 N–H and O–H groups in total. The molecule has 0 aliphatic carbocycles. The Hall–Kier alpha value is -1.09. The quantitative estimate of drug-likeness (QED) is 0.869. The van der Waals surface area contributed by atoms with Gasteiger partial charge in [-0.1, -0.05) is 19.9 Å². The lowest BCUT2D eigenvalue weighted by Gasteiger charge is -2.32. The average Bonchev–Trinajstić information content (AvgIpc) is 2.38. The summed E-state index contributed by atoms with van der Waals surface area (Å²) in [6.45, 7) is 9.85. The molecule has 0 aromatic carbocycles. The lowest BCUT2D eigenvalue weighted by molar-refractivity contribution is 0.482. The third-order valence-corrected chi connectivity index (χ3v) is 3.64. The third kappa shape index (κ3) is 2.97. The smallest absolute Gasteiger partial charge is 0.128 e. The Morgan fingerprint density at radius 2 is 2.35 bits per heavy atom. The highest BCUT2D eigenvalue weighted by atomic mass is 15.2. The zero-order chi connectivity index (χ0) is 12.3. The predicted molar refractivity (Wildman–Crippen MR) is 72.6 cm³/mol.